The van der Waals surface area contributed by atoms with E-state index >= 15 is 0 Å². The number of aromatic nitrogens is 5. The molecule has 0 saturated carbocycles. The van der Waals surface area contributed by atoms with Crippen LogP contribution in [0.15, 0.2) is 16.5 Å². The molecule has 0 aliphatic carbocycles. The lowest BCUT2D eigenvalue weighted by Gasteiger charge is -2.11. The van der Waals surface area contributed by atoms with E-state index in [9.17, 15) is 0 Å². The minimum Gasteiger partial charge on any atom is -0.373 e. The van der Waals surface area contributed by atoms with Crippen molar-refractivity contribution in [2.45, 2.75) is 36.9 Å². The number of nitrogens with one attached hydrogen (secondary N) is 1. The standard InChI is InChI=1S/C12H18N6S/c1-5-6-9-15-10(13-3)8(2)11(16-9)19-12-17-14-7-18(12)4/h7H,5-6H2,1-4H3,(H,13,15,16). The maximum Gasteiger partial charge on any atom is 0.197 e. The summed E-state index contributed by atoms with van der Waals surface area (Å²) in [4.78, 5) is 9.13. The third-order valence-electron chi connectivity index (χ3n) is 2.72. The van der Waals surface area contributed by atoms with Gasteiger partial charge in [0.05, 0.1) is 0 Å². The smallest absolute Gasteiger partial charge is 0.197 e. The van der Waals surface area contributed by atoms with Crippen LogP contribution in [0.1, 0.15) is 24.7 Å². The molecule has 0 radical (unpaired) electrons. The molecule has 102 valence electrons. The highest BCUT2D eigenvalue weighted by atomic mass is 32.2. The molecule has 2 aromatic rings. The molecule has 0 amide bonds. The van der Waals surface area contributed by atoms with E-state index in [1.165, 1.54) is 11.8 Å². The molecular formula is C12H18N6S. The van der Waals surface area contributed by atoms with Gasteiger partial charge in [-0.15, -0.1) is 10.2 Å². The number of nitrogens with zero attached hydrogens (tertiary/aromatic N) is 5. The Morgan fingerprint density at radius 1 is 1.37 bits per heavy atom. The molecule has 0 atom stereocenters. The van der Waals surface area contributed by atoms with E-state index in [0.717, 1.165) is 40.2 Å². The van der Waals surface area contributed by atoms with E-state index in [1.54, 1.807) is 6.33 Å². The monoisotopic (exact) mass is 278 g/mol. The van der Waals surface area contributed by atoms with Gasteiger partial charge in [0.1, 0.15) is 23.0 Å². The van der Waals surface area contributed by atoms with Gasteiger partial charge in [-0.1, -0.05) is 6.92 Å². The fourth-order valence-corrected chi connectivity index (χ4v) is 2.52. The lowest BCUT2D eigenvalue weighted by atomic mass is 10.3. The van der Waals surface area contributed by atoms with E-state index < -0.39 is 0 Å². The molecule has 0 aliphatic rings. The van der Waals surface area contributed by atoms with Crippen molar-refractivity contribution in [3.05, 3.63) is 17.7 Å². The molecule has 2 heterocycles. The highest BCUT2D eigenvalue weighted by Crippen LogP contribution is 2.29. The van der Waals surface area contributed by atoms with Crippen molar-refractivity contribution in [2.24, 2.45) is 7.05 Å². The Labute approximate surface area is 117 Å². The lowest BCUT2D eigenvalue weighted by Crippen LogP contribution is -2.05. The normalized spacial score (nSPS) is 10.7. The summed E-state index contributed by atoms with van der Waals surface area (Å²) in [7, 11) is 3.80. The number of anilines is 1. The third-order valence-corrected chi connectivity index (χ3v) is 3.86. The second-order valence-electron chi connectivity index (χ2n) is 4.25. The van der Waals surface area contributed by atoms with Crippen LogP contribution in [0.3, 0.4) is 0 Å². The number of hydrogen-bond acceptors (Lipinski definition) is 6. The Morgan fingerprint density at radius 3 is 2.74 bits per heavy atom. The molecule has 6 nitrogen and oxygen atoms in total. The van der Waals surface area contributed by atoms with Crippen molar-refractivity contribution in [3.8, 4) is 0 Å². The zero-order valence-electron chi connectivity index (χ0n) is 11.6. The van der Waals surface area contributed by atoms with E-state index in [4.69, 9.17) is 0 Å². The predicted octanol–water partition coefficient (Wildman–Crippen LogP) is 2.06. The predicted molar refractivity (Wildman–Crippen MR) is 75.4 cm³/mol. The second-order valence-corrected chi connectivity index (χ2v) is 5.20. The summed E-state index contributed by atoms with van der Waals surface area (Å²) in [5.74, 6) is 1.74. The first-order valence-corrected chi connectivity index (χ1v) is 7.04. The van der Waals surface area contributed by atoms with Gasteiger partial charge in [0.2, 0.25) is 0 Å². The zero-order chi connectivity index (χ0) is 13.8. The molecule has 19 heavy (non-hydrogen) atoms. The topological polar surface area (TPSA) is 68.5 Å². The first-order chi connectivity index (χ1) is 9.15. The number of rotatable bonds is 5. The maximum absolute atomic E-state index is 4.62. The summed E-state index contributed by atoms with van der Waals surface area (Å²) in [6.45, 7) is 4.14. The van der Waals surface area contributed by atoms with Gasteiger partial charge in [-0.05, 0) is 25.1 Å². The van der Waals surface area contributed by atoms with E-state index in [-0.39, 0.29) is 0 Å². The highest BCUT2D eigenvalue weighted by Gasteiger charge is 2.13. The molecule has 0 aliphatic heterocycles. The van der Waals surface area contributed by atoms with Crippen LogP contribution in [-0.2, 0) is 13.5 Å². The molecule has 0 bridgehead atoms. The van der Waals surface area contributed by atoms with Gasteiger partial charge in [-0.3, -0.25) is 0 Å². The Kier molecular flexibility index (Phi) is 4.36. The Bertz CT molecular complexity index is 565. The quantitative estimate of drug-likeness (QED) is 0.844. The summed E-state index contributed by atoms with van der Waals surface area (Å²) in [5, 5.41) is 12.8. The van der Waals surface area contributed by atoms with Crippen LogP contribution in [-0.4, -0.2) is 31.8 Å². The lowest BCUT2D eigenvalue weighted by molar-refractivity contribution is 0.778. The summed E-state index contributed by atoms with van der Waals surface area (Å²) in [6.07, 6.45) is 3.59. The average molecular weight is 278 g/mol. The van der Waals surface area contributed by atoms with Crippen LogP contribution in [0.25, 0.3) is 0 Å². The maximum atomic E-state index is 4.62. The Balaban J connectivity index is 2.37. The zero-order valence-corrected chi connectivity index (χ0v) is 12.5. The van der Waals surface area contributed by atoms with Crippen molar-refractivity contribution in [2.75, 3.05) is 12.4 Å². The van der Waals surface area contributed by atoms with Crippen molar-refractivity contribution in [1.29, 1.82) is 0 Å². The molecular weight excluding hydrogens is 260 g/mol. The molecule has 1 N–H and O–H groups in total. The summed E-state index contributed by atoms with van der Waals surface area (Å²) in [6, 6.07) is 0. The van der Waals surface area contributed by atoms with Crippen LogP contribution >= 0.6 is 11.8 Å². The van der Waals surface area contributed by atoms with Gasteiger partial charge in [0, 0.05) is 26.1 Å². The first kappa shape index (κ1) is 13.8. The fraction of sp³-hybridized carbons (Fsp3) is 0.500. The third kappa shape index (κ3) is 3.04. The minimum absolute atomic E-state index is 0.825. The van der Waals surface area contributed by atoms with Crippen LogP contribution in [0.2, 0.25) is 0 Å². The van der Waals surface area contributed by atoms with Gasteiger partial charge in [0.25, 0.3) is 0 Å². The molecule has 0 saturated heterocycles. The SMILES string of the molecule is CCCc1nc(NC)c(C)c(Sc2nncn2C)n1. The summed E-state index contributed by atoms with van der Waals surface area (Å²) >= 11 is 1.52. The summed E-state index contributed by atoms with van der Waals surface area (Å²) < 4.78 is 1.88. The van der Waals surface area contributed by atoms with Crippen LogP contribution < -0.4 is 5.32 Å². The second kappa shape index (κ2) is 6.01. The van der Waals surface area contributed by atoms with E-state index in [1.807, 2.05) is 25.6 Å². The molecule has 0 unspecified atom stereocenters. The number of aryl methyl sites for hydroxylation is 2. The molecule has 0 aromatic carbocycles. The Morgan fingerprint density at radius 2 is 2.16 bits per heavy atom. The first-order valence-electron chi connectivity index (χ1n) is 6.22. The van der Waals surface area contributed by atoms with E-state index in [0.29, 0.717) is 0 Å². The van der Waals surface area contributed by atoms with Crippen molar-refractivity contribution < 1.29 is 0 Å². The van der Waals surface area contributed by atoms with Gasteiger partial charge in [-0.2, -0.15) is 0 Å². The van der Waals surface area contributed by atoms with Crippen molar-refractivity contribution in [3.63, 3.8) is 0 Å². The van der Waals surface area contributed by atoms with Gasteiger partial charge >= 0.3 is 0 Å². The largest absolute Gasteiger partial charge is 0.373 e. The fourth-order valence-electron chi connectivity index (χ4n) is 1.67. The molecule has 7 heteroatoms. The van der Waals surface area contributed by atoms with Crippen LogP contribution in [0.5, 0.6) is 0 Å². The van der Waals surface area contributed by atoms with Crippen molar-refractivity contribution in [1.82, 2.24) is 24.7 Å². The number of hydrogen-bond donors (Lipinski definition) is 1. The molecule has 0 fully saturated rings. The van der Waals surface area contributed by atoms with Gasteiger partial charge in [0.15, 0.2) is 5.16 Å². The van der Waals surface area contributed by atoms with Crippen molar-refractivity contribution >= 4 is 17.6 Å². The minimum atomic E-state index is 0.825. The summed E-state index contributed by atoms with van der Waals surface area (Å²) in [5.41, 5.74) is 1.04. The van der Waals surface area contributed by atoms with Crippen LogP contribution in [0.4, 0.5) is 5.82 Å². The molecule has 0 spiro atoms. The average Bonchev–Trinajstić information content (AvgIpc) is 2.79. The Hall–Kier alpha value is -1.63. The van der Waals surface area contributed by atoms with Crippen LogP contribution in [0, 0.1) is 6.92 Å². The molecule has 2 aromatic heterocycles. The van der Waals surface area contributed by atoms with E-state index in [2.05, 4.69) is 32.4 Å². The van der Waals surface area contributed by atoms with Gasteiger partial charge < -0.3 is 9.88 Å². The van der Waals surface area contributed by atoms with Gasteiger partial charge in [-0.25, -0.2) is 9.97 Å². The highest BCUT2D eigenvalue weighted by molar-refractivity contribution is 7.99. The molecule has 2 rings (SSSR count).